The summed E-state index contributed by atoms with van der Waals surface area (Å²) < 4.78 is 14.1. The van der Waals surface area contributed by atoms with Crippen molar-refractivity contribution in [2.45, 2.75) is 6.92 Å². The molecule has 6 heteroatoms. The number of nitrogens with zero attached hydrogens (tertiary/aromatic N) is 4. The van der Waals surface area contributed by atoms with E-state index in [9.17, 15) is 0 Å². The maximum absolute atomic E-state index is 6.17. The first-order chi connectivity index (χ1) is 16.7. The van der Waals surface area contributed by atoms with E-state index in [-0.39, 0.29) is 0 Å². The van der Waals surface area contributed by atoms with Gasteiger partial charge in [0, 0.05) is 36.0 Å². The number of benzene rings is 2. The monoisotopic (exact) mass is 444 g/mol. The topological polar surface area (TPSA) is 62.1 Å². The Morgan fingerprint density at radius 2 is 1.50 bits per heavy atom. The Hall–Kier alpha value is -4.71. The van der Waals surface area contributed by atoms with Gasteiger partial charge in [0.1, 0.15) is 23.1 Å². The molecule has 0 radical (unpaired) electrons. The van der Waals surface area contributed by atoms with Gasteiger partial charge >= 0.3 is 0 Å². The number of aromatic nitrogens is 4. The van der Waals surface area contributed by atoms with Gasteiger partial charge in [-0.05, 0) is 42.8 Å². The molecule has 0 atom stereocenters. The van der Waals surface area contributed by atoms with Gasteiger partial charge in [-0.25, -0.2) is 9.97 Å². The number of hydrogen-bond donors (Lipinski definition) is 0. The lowest BCUT2D eigenvalue weighted by Crippen LogP contribution is -1.97. The fraction of sp³-hybridized carbons (Fsp3) is 0.0357. The summed E-state index contributed by atoms with van der Waals surface area (Å²) in [5.41, 5.74) is 3.98. The third-order valence-corrected chi connectivity index (χ3v) is 5.51. The Morgan fingerprint density at radius 1 is 0.647 bits per heavy atom. The van der Waals surface area contributed by atoms with Crippen molar-refractivity contribution in [2.24, 2.45) is 0 Å². The summed E-state index contributed by atoms with van der Waals surface area (Å²) in [5.74, 6) is 3.27. The number of fused-ring (bicyclic) bond motifs is 3. The lowest BCUT2D eigenvalue weighted by Gasteiger charge is -2.10. The van der Waals surface area contributed by atoms with Crippen molar-refractivity contribution >= 4 is 21.9 Å². The van der Waals surface area contributed by atoms with Crippen molar-refractivity contribution in [1.82, 2.24) is 19.5 Å². The molecule has 0 spiro atoms. The first-order valence-electron chi connectivity index (χ1n) is 10.9. The first-order valence-corrected chi connectivity index (χ1v) is 10.9. The zero-order chi connectivity index (χ0) is 22.9. The molecule has 164 valence electrons. The number of para-hydroxylation sites is 1. The van der Waals surface area contributed by atoms with Gasteiger partial charge in [-0.3, -0.25) is 9.55 Å². The maximum Gasteiger partial charge on any atom is 0.219 e. The van der Waals surface area contributed by atoms with Crippen molar-refractivity contribution in [3.63, 3.8) is 0 Å². The van der Waals surface area contributed by atoms with Gasteiger partial charge in [0.25, 0.3) is 0 Å². The van der Waals surface area contributed by atoms with E-state index < -0.39 is 0 Å². The molecule has 0 aliphatic heterocycles. The highest BCUT2D eigenvalue weighted by Gasteiger charge is 2.15. The van der Waals surface area contributed by atoms with Crippen LogP contribution in [0.1, 0.15) is 5.56 Å². The summed E-state index contributed by atoms with van der Waals surface area (Å²) in [7, 11) is 0. The molecule has 0 N–H and O–H groups in total. The van der Waals surface area contributed by atoms with Crippen LogP contribution in [0.5, 0.6) is 23.1 Å². The van der Waals surface area contributed by atoms with Crippen LogP contribution in [0.2, 0.25) is 0 Å². The van der Waals surface area contributed by atoms with Crippen molar-refractivity contribution in [2.75, 3.05) is 0 Å². The van der Waals surface area contributed by atoms with Crippen LogP contribution in [-0.4, -0.2) is 19.5 Å². The molecule has 4 heterocycles. The third-order valence-electron chi connectivity index (χ3n) is 5.51. The molecule has 6 nitrogen and oxygen atoms in total. The highest BCUT2D eigenvalue weighted by Crippen LogP contribution is 2.34. The Labute approximate surface area is 196 Å². The zero-order valence-corrected chi connectivity index (χ0v) is 18.4. The standard InChI is InChI=1S/C28H20N4O2/c1-19-12-13-26(30-17-19)32-24-10-3-2-9-23(24)28-25(32)16-22(18-31-28)33-20-7-6-8-21(15-20)34-27-11-4-5-14-29-27/h2-18H,1H3. The summed E-state index contributed by atoms with van der Waals surface area (Å²) in [6.07, 6.45) is 5.31. The first kappa shape index (κ1) is 19.9. The highest BCUT2D eigenvalue weighted by atomic mass is 16.5. The zero-order valence-electron chi connectivity index (χ0n) is 18.4. The second-order valence-electron chi connectivity index (χ2n) is 7.93. The predicted molar refractivity (Wildman–Crippen MR) is 132 cm³/mol. The van der Waals surface area contributed by atoms with Crippen LogP contribution in [0.3, 0.4) is 0 Å². The van der Waals surface area contributed by atoms with Crippen molar-refractivity contribution in [3.05, 3.63) is 109 Å². The van der Waals surface area contributed by atoms with E-state index in [0.29, 0.717) is 23.1 Å². The molecule has 0 amide bonds. The van der Waals surface area contributed by atoms with Crippen molar-refractivity contribution in [3.8, 4) is 28.9 Å². The van der Waals surface area contributed by atoms with Gasteiger partial charge < -0.3 is 9.47 Å². The summed E-state index contributed by atoms with van der Waals surface area (Å²) in [4.78, 5) is 13.6. The normalized spacial score (nSPS) is 11.1. The molecule has 0 unspecified atom stereocenters. The fourth-order valence-electron chi connectivity index (χ4n) is 3.97. The molecule has 0 aliphatic rings. The van der Waals surface area contributed by atoms with E-state index >= 15 is 0 Å². The summed E-state index contributed by atoms with van der Waals surface area (Å²) in [5, 5.41) is 1.07. The van der Waals surface area contributed by atoms with E-state index in [1.54, 1.807) is 12.4 Å². The molecule has 0 saturated carbocycles. The summed E-state index contributed by atoms with van der Waals surface area (Å²) in [6, 6.07) is 27.3. The quantitative estimate of drug-likeness (QED) is 0.291. The van der Waals surface area contributed by atoms with Gasteiger partial charge in [-0.1, -0.05) is 36.4 Å². The average Bonchev–Trinajstić information content (AvgIpc) is 3.19. The van der Waals surface area contributed by atoms with E-state index in [4.69, 9.17) is 14.5 Å². The lowest BCUT2D eigenvalue weighted by molar-refractivity contribution is 0.449. The molecule has 0 aliphatic carbocycles. The Bertz CT molecular complexity index is 1610. The fourth-order valence-corrected chi connectivity index (χ4v) is 3.97. The third kappa shape index (κ3) is 3.71. The van der Waals surface area contributed by atoms with Gasteiger partial charge in [-0.2, -0.15) is 0 Å². The van der Waals surface area contributed by atoms with E-state index in [1.165, 1.54) is 0 Å². The average molecular weight is 444 g/mol. The van der Waals surface area contributed by atoms with Gasteiger partial charge in [0.15, 0.2) is 0 Å². The van der Waals surface area contributed by atoms with Gasteiger partial charge in [0.05, 0.1) is 22.7 Å². The maximum atomic E-state index is 6.17. The van der Waals surface area contributed by atoms with Crippen LogP contribution in [0.25, 0.3) is 27.8 Å². The SMILES string of the molecule is Cc1ccc(-n2c3ccccc3c3ncc(Oc4cccc(Oc5ccccn5)c4)cc32)nc1. The molecule has 4 aromatic heterocycles. The van der Waals surface area contributed by atoms with Crippen LogP contribution in [-0.2, 0) is 0 Å². The minimum absolute atomic E-state index is 0.526. The highest BCUT2D eigenvalue weighted by molar-refractivity contribution is 6.07. The van der Waals surface area contributed by atoms with Gasteiger partial charge in [0.2, 0.25) is 5.88 Å². The van der Waals surface area contributed by atoms with E-state index in [1.807, 2.05) is 79.9 Å². The minimum Gasteiger partial charge on any atom is -0.456 e. The molecule has 6 rings (SSSR count). The summed E-state index contributed by atoms with van der Waals surface area (Å²) in [6.45, 7) is 2.03. The van der Waals surface area contributed by atoms with Crippen molar-refractivity contribution in [1.29, 1.82) is 0 Å². The van der Waals surface area contributed by atoms with Crippen LogP contribution in [0, 0.1) is 6.92 Å². The second-order valence-corrected chi connectivity index (χ2v) is 7.93. The Kier molecular flexibility index (Phi) is 4.88. The van der Waals surface area contributed by atoms with E-state index in [0.717, 1.165) is 33.3 Å². The van der Waals surface area contributed by atoms with Crippen LogP contribution in [0.4, 0.5) is 0 Å². The summed E-state index contributed by atoms with van der Waals surface area (Å²) >= 11 is 0. The number of pyridine rings is 3. The smallest absolute Gasteiger partial charge is 0.219 e. The molecule has 0 fully saturated rings. The Balaban J connectivity index is 1.40. The Morgan fingerprint density at radius 3 is 2.32 bits per heavy atom. The minimum atomic E-state index is 0.526. The van der Waals surface area contributed by atoms with Crippen LogP contribution >= 0.6 is 0 Å². The van der Waals surface area contributed by atoms with Crippen LogP contribution in [0.15, 0.2) is 104 Å². The molecule has 2 aromatic carbocycles. The number of ether oxygens (including phenoxy) is 2. The molecule has 0 saturated heterocycles. The van der Waals surface area contributed by atoms with Crippen molar-refractivity contribution < 1.29 is 9.47 Å². The molecule has 6 aromatic rings. The predicted octanol–water partition coefficient (Wildman–Crippen LogP) is 6.86. The number of aryl methyl sites for hydroxylation is 1. The molecular formula is C28H20N4O2. The number of hydrogen-bond acceptors (Lipinski definition) is 5. The molecule has 34 heavy (non-hydrogen) atoms. The second kappa shape index (κ2) is 8.33. The number of rotatable bonds is 5. The van der Waals surface area contributed by atoms with Crippen LogP contribution < -0.4 is 9.47 Å². The largest absolute Gasteiger partial charge is 0.456 e. The van der Waals surface area contributed by atoms with E-state index in [2.05, 4.69) is 32.7 Å². The lowest BCUT2D eigenvalue weighted by atomic mass is 10.2. The molecular weight excluding hydrogens is 424 g/mol. The molecule has 0 bridgehead atoms. The van der Waals surface area contributed by atoms with Gasteiger partial charge in [-0.15, -0.1) is 0 Å².